The van der Waals surface area contributed by atoms with Crippen molar-refractivity contribution in [2.75, 3.05) is 19.8 Å². The third-order valence-electron chi connectivity index (χ3n) is 9.55. The highest BCUT2D eigenvalue weighted by Gasteiger charge is 2.28. The van der Waals surface area contributed by atoms with Gasteiger partial charge in [-0.2, -0.15) is 0 Å². The molecule has 1 unspecified atom stereocenters. The van der Waals surface area contributed by atoms with E-state index in [1.54, 1.807) is 0 Å². The van der Waals surface area contributed by atoms with Gasteiger partial charge in [-0.05, 0) is 77.0 Å². The first-order chi connectivity index (χ1) is 28.1. The number of unbranched alkanes of at least 4 members (excludes halogenated alkanes) is 20. The molecule has 0 saturated heterocycles. The highest BCUT2D eigenvalue weighted by molar-refractivity contribution is 7.47. The van der Waals surface area contributed by atoms with E-state index in [9.17, 15) is 23.8 Å². The molecule has 11 nitrogen and oxygen atoms in total. The van der Waals surface area contributed by atoms with Crippen LogP contribution in [0.3, 0.4) is 0 Å². The average Bonchev–Trinajstić information content (AvgIpc) is 3.20. The van der Waals surface area contributed by atoms with E-state index in [4.69, 9.17) is 24.8 Å². The van der Waals surface area contributed by atoms with Crippen LogP contribution in [-0.4, -0.2) is 59.9 Å². The number of allylic oxidation sites excluding steroid dienone is 8. The maximum atomic E-state index is 12.6. The number of ether oxygens (including phenoxy) is 2. The third-order valence-corrected chi connectivity index (χ3v) is 10.5. The van der Waals surface area contributed by atoms with Gasteiger partial charge in [0.1, 0.15) is 12.6 Å². The molecule has 0 aliphatic carbocycles. The third kappa shape index (κ3) is 40.2. The van der Waals surface area contributed by atoms with Gasteiger partial charge < -0.3 is 25.2 Å². The van der Waals surface area contributed by atoms with Crippen molar-refractivity contribution in [1.29, 1.82) is 0 Å². The largest absolute Gasteiger partial charge is 0.480 e. The van der Waals surface area contributed by atoms with E-state index < -0.39 is 51.1 Å². The van der Waals surface area contributed by atoms with Crippen LogP contribution < -0.4 is 5.73 Å². The van der Waals surface area contributed by atoms with Gasteiger partial charge in [0.2, 0.25) is 0 Å². The first-order valence-electron chi connectivity index (χ1n) is 22.7. The van der Waals surface area contributed by atoms with E-state index in [0.29, 0.717) is 12.8 Å². The van der Waals surface area contributed by atoms with E-state index >= 15 is 0 Å². The molecule has 0 rings (SSSR count). The van der Waals surface area contributed by atoms with Crippen molar-refractivity contribution in [3.8, 4) is 0 Å². The number of nitrogens with two attached hydrogens (primary N) is 1. The molecule has 0 spiro atoms. The molecule has 0 fully saturated rings. The SMILES string of the molecule is CCCCC/C=C/C/C=C/CCCCCCCCCC(=O)OC[C@H](COP(=O)(O)OC[C@H](N)C(=O)O)OC(=O)CCCCCCCCC/C=C/C/C=C/CCCCC. The fourth-order valence-electron chi connectivity index (χ4n) is 5.95. The maximum Gasteiger partial charge on any atom is 0.472 e. The molecule has 3 atom stereocenters. The molecule has 4 N–H and O–H groups in total. The normalized spacial score (nSPS) is 14.1. The van der Waals surface area contributed by atoms with Gasteiger partial charge in [0.05, 0.1) is 13.2 Å². The van der Waals surface area contributed by atoms with Gasteiger partial charge in [0, 0.05) is 12.8 Å². The molecule has 0 bridgehead atoms. The minimum absolute atomic E-state index is 0.149. The highest BCUT2D eigenvalue weighted by Crippen LogP contribution is 2.43. The average molecular weight is 840 g/mol. The number of carboxylic acids is 1. The Kier molecular flexibility index (Phi) is 39.4. The molecule has 0 aromatic carbocycles. The number of hydrogen-bond acceptors (Lipinski definition) is 9. The summed E-state index contributed by atoms with van der Waals surface area (Å²) in [7, 11) is -4.72. The second-order valence-corrected chi connectivity index (χ2v) is 16.6. The zero-order valence-corrected chi connectivity index (χ0v) is 37.3. The summed E-state index contributed by atoms with van der Waals surface area (Å²) < 4.78 is 32.7. The molecule has 0 saturated carbocycles. The van der Waals surface area contributed by atoms with Crippen molar-refractivity contribution >= 4 is 25.7 Å². The van der Waals surface area contributed by atoms with Crippen molar-refractivity contribution in [2.24, 2.45) is 5.73 Å². The molecule has 58 heavy (non-hydrogen) atoms. The van der Waals surface area contributed by atoms with E-state index in [1.165, 1.54) is 83.5 Å². The molecular formula is C46H82NO10P. The second kappa shape index (κ2) is 41.2. The van der Waals surface area contributed by atoms with Crippen LogP contribution in [0.15, 0.2) is 48.6 Å². The quantitative estimate of drug-likeness (QED) is 0.0231. The van der Waals surface area contributed by atoms with Gasteiger partial charge in [-0.15, -0.1) is 0 Å². The fraction of sp³-hybridized carbons (Fsp3) is 0.761. The minimum atomic E-state index is -4.72. The van der Waals surface area contributed by atoms with E-state index in [-0.39, 0.29) is 19.4 Å². The Morgan fingerprint density at radius 1 is 0.534 bits per heavy atom. The highest BCUT2D eigenvalue weighted by atomic mass is 31.2. The lowest BCUT2D eigenvalue weighted by atomic mass is 10.1. The first-order valence-corrected chi connectivity index (χ1v) is 24.2. The summed E-state index contributed by atoms with van der Waals surface area (Å²) in [5.41, 5.74) is 5.34. The Labute approximate surface area is 352 Å². The van der Waals surface area contributed by atoms with E-state index in [1.807, 2.05) is 0 Å². The molecule has 0 aliphatic heterocycles. The Balaban J connectivity index is 4.36. The van der Waals surface area contributed by atoms with Gasteiger partial charge in [0.25, 0.3) is 0 Å². The lowest BCUT2D eigenvalue weighted by Crippen LogP contribution is -2.34. The van der Waals surface area contributed by atoms with Crippen molar-refractivity contribution in [3.05, 3.63) is 48.6 Å². The molecule has 0 aromatic rings. The second-order valence-electron chi connectivity index (χ2n) is 15.2. The van der Waals surface area contributed by atoms with Crippen LogP contribution in [0.1, 0.15) is 194 Å². The lowest BCUT2D eigenvalue weighted by molar-refractivity contribution is -0.161. The maximum absolute atomic E-state index is 12.6. The van der Waals surface area contributed by atoms with Crippen LogP contribution >= 0.6 is 7.82 Å². The lowest BCUT2D eigenvalue weighted by Gasteiger charge is -2.20. The number of rotatable bonds is 42. The number of phosphoric acid groups is 1. The summed E-state index contributed by atoms with van der Waals surface area (Å²) in [5.74, 6) is -2.40. The molecule has 0 heterocycles. The number of carbonyl (C=O) groups excluding carboxylic acids is 2. The number of hydrogen-bond donors (Lipinski definition) is 3. The molecule has 336 valence electrons. The number of carbonyl (C=O) groups is 3. The van der Waals surface area contributed by atoms with Gasteiger partial charge >= 0.3 is 25.7 Å². The summed E-state index contributed by atoms with van der Waals surface area (Å²) in [4.78, 5) is 46.0. The van der Waals surface area contributed by atoms with Crippen molar-refractivity contribution in [1.82, 2.24) is 0 Å². The summed E-state index contributed by atoms with van der Waals surface area (Å²) >= 11 is 0. The number of esters is 2. The first kappa shape index (κ1) is 55.4. The Morgan fingerprint density at radius 2 is 0.914 bits per heavy atom. The smallest absolute Gasteiger partial charge is 0.472 e. The molecule has 0 amide bonds. The zero-order chi connectivity index (χ0) is 42.8. The van der Waals surface area contributed by atoms with E-state index in [2.05, 4.69) is 67.0 Å². The van der Waals surface area contributed by atoms with Gasteiger partial charge in [-0.3, -0.25) is 23.4 Å². The van der Waals surface area contributed by atoms with Crippen molar-refractivity contribution < 1.29 is 47.5 Å². The van der Waals surface area contributed by atoms with Crippen LogP contribution in [0.25, 0.3) is 0 Å². The summed E-state index contributed by atoms with van der Waals surface area (Å²) in [6, 6.07) is -1.52. The predicted molar refractivity (Wildman–Crippen MR) is 235 cm³/mol. The number of phosphoric ester groups is 1. The van der Waals surface area contributed by atoms with Crippen molar-refractivity contribution in [3.63, 3.8) is 0 Å². The number of aliphatic carboxylic acids is 1. The zero-order valence-electron chi connectivity index (χ0n) is 36.4. The Hall–Kier alpha value is -2.56. The van der Waals surface area contributed by atoms with Crippen LogP contribution in [0.2, 0.25) is 0 Å². The Morgan fingerprint density at radius 3 is 1.34 bits per heavy atom. The molecule has 0 aromatic heterocycles. The fourth-order valence-corrected chi connectivity index (χ4v) is 6.73. The van der Waals surface area contributed by atoms with Crippen molar-refractivity contribution in [2.45, 2.75) is 206 Å². The Bertz CT molecular complexity index is 1170. The monoisotopic (exact) mass is 840 g/mol. The number of carboxylic acid groups (broad SMARTS) is 1. The van der Waals surface area contributed by atoms with Crippen LogP contribution in [0, 0.1) is 0 Å². The van der Waals surface area contributed by atoms with Gasteiger partial charge in [0.15, 0.2) is 6.10 Å². The molecular weight excluding hydrogens is 757 g/mol. The molecule has 0 aliphatic rings. The summed E-state index contributed by atoms with van der Waals surface area (Å²) in [6.07, 6.45) is 45.9. The topological polar surface area (TPSA) is 172 Å². The van der Waals surface area contributed by atoms with Crippen LogP contribution in [-0.2, 0) is 37.5 Å². The summed E-state index contributed by atoms with van der Waals surface area (Å²) in [5, 5.41) is 8.90. The van der Waals surface area contributed by atoms with E-state index in [0.717, 1.165) is 70.6 Å². The van der Waals surface area contributed by atoms with Gasteiger partial charge in [-0.1, -0.05) is 152 Å². The van der Waals surface area contributed by atoms with Crippen LogP contribution in [0.4, 0.5) is 0 Å². The summed E-state index contributed by atoms with van der Waals surface area (Å²) in [6.45, 7) is 2.74. The standard InChI is InChI=1S/C46H82NO10P/c1-3-5-7-9-11-13-15-17-19-21-23-25-27-29-31-33-35-37-44(48)54-39-42(40-55-58(52,53)56-41-43(47)46(50)51)57-45(49)38-36-34-32-30-28-26-24-22-20-18-16-14-12-10-8-6-4-2/h11-14,17-20,42-43H,3-10,15-16,21-41,47H2,1-2H3,(H,50,51)(H,52,53)/b13-11+,14-12+,19-17+,20-18+/t42-,43+/m1/s1. The minimum Gasteiger partial charge on any atom is -0.480 e. The van der Waals surface area contributed by atoms with Crippen LogP contribution in [0.5, 0.6) is 0 Å². The molecule has 12 heteroatoms. The predicted octanol–water partition coefficient (Wildman–Crippen LogP) is 12.2. The molecule has 0 radical (unpaired) electrons. The van der Waals surface area contributed by atoms with Gasteiger partial charge in [-0.25, -0.2) is 4.57 Å².